The molecule has 0 bridgehead atoms. The van der Waals surface area contributed by atoms with E-state index in [2.05, 4.69) is 19.2 Å². The fourth-order valence-corrected chi connectivity index (χ4v) is 2.89. The molecule has 1 aliphatic rings. The lowest BCUT2D eigenvalue weighted by atomic mass is 9.82. The van der Waals surface area contributed by atoms with Crippen LogP contribution in [0.4, 0.5) is 0 Å². The summed E-state index contributed by atoms with van der Waals surface area (Å²) < 4.78 is 0. The van der Waals surface area contributed by atoms with Gasteiger partial charge in [0.2, 0.25) is 0 Å². The van der Waals surface area contributed by atoms with Crippen LogP contribution in [0.15, 0.2) is 0 Å². The molecule has 0 saturated heterocycles. The Labute approximate surface area is 96.0 Å². The van der Waals surface area contributed by atoms with Crippen molar-refractivity contribution in [3.8, 4) is 0 Å². The van der Waals surface area contributed by atoms with Crippen LogP contribution < -0.4 is 5.32 Å². The van der Waals surface area contributed by atoms with Gasteiger partial charge in [-0.2, -0.15) is 0 Å². The molecule has 1 rings (SSSR count). The molecule has 2 unspecified atom stereocenters. The van der Waals surface area contributed by atoms with Crippen LogP contribution in [0, 0.1) is 5.92 Å². The Morgan fingerprint density at radius 2 is 1.93 bits per heavy atom. The van der Waals surface area contributed by atoms with E-state index >= 15 is 0 Å². The molecule has 0 aromatic carbocycles. The van der Waals surface area contributed by atoms with Crippen molar-refractivity contribution < 1.29 is 0 Å². The molecule has 90 valence electrons. The highest BCUT2D eigenvalue weighted by Crippen LogP contribution is 2.28. The second-order valence-electron chi connectivity index (χ2n) is 5.14. The van der Waals surface area contributed by atoms with E-state index < -0.39 is 0 Å². The van der Waals surface area contributed by atoms with Gasteiger partial charge in [0.25, 0.3) is 0 Å². The fraction of sp³-hybridized carbons (Fsp3) is 1.00. The molecule has 2 atom stereocenters. The van der Waals surface area contributed by atoms with E-state index in [1.807, 2.05) is 0 Å². The molecule has 1 saturated carbocycles. The summed E-state index contributed by atoms with van der Waals surface area (Å²) >= 11 is 0. The molecule has 1 aliphatic carbocycles. The lowest BCUT2D eigenvalue weighted by Gasteiger charge is -2.29. The first kappa shape index (κ1) is 13.0. The third-order valence-corrected chi connectivity index (χ3v) is 3.74. The summed E-state index contributed by atoms with van der Waals surface area (Å²) in [5.74, 6) is 1.03. The Kier molecular flexibility index (Phi) is 7.08. The van der Waals surface area contributed by atoms with Gasteiger partial charge < -0.3 is 5.32 Å². The number of nitrogens with one attached hydrogen (secondary N) is 1. The van der Waals surface area contributed by atoms with Crippen molar-refractivity contribution in [1.29, 1.82) is 0 Å². The van der Waals surface area contributed by atoms with Gasteiger partial charge >= 0.3 is 0 Å². The second kappa shape index (κ2) is 8.15. The number of hydrogen-bond acceptors (Lipinski definition) is 1. The molecule has 0 aromatic heterocycles. The molecule has 0 heterocycles. The Morgan fingerprint density at radius 3 is 2.67 bits per heavy atom. The highest BCUT2D eigenvalue weighted by molar-refractivity contribution is 4.77. The zero-order chi connectivity index (χ0) is 10.9. The lowest BCUT2D eigenvalue weighted by Crippen LogP contribution is -2.33. The second-order valence-corrected chi connectivity index (χ2v) is 5.14. The van der Waals surface area contributed by atoms with Crippen molar-refractivity contribution in [1.82, 2.24) is 5.32 Å². The molecule has 0 radical (unpaired) electrons. The summed E-state index contributed by atoms with van der Waals surface area (Å²) in [6.07, 6.45) is 13.0. The van der Waals surface area contributed by atoms with E-state index in [1.165, 1.54) is 57.8 Å². The SMILES string of the molecule is CCCCCCC1CCCC(NCC)C1. The average Bonchev–Trinajstić information content (AvgIpc) is 2.26. The summed E-state index contributed by atoms with van der Waals surface area (Å²) in [4.78, 5) is 0. The van der Waals surface area contributed by atoms with Gasteiger partial charge in [0.05, 0.1) is 0 Å². The minimum Gasteiger partial charge on any atom is -0.314 e. The molecule has 0 spiro atoms. The van der Waals surface area contributed by atoms with Gasteiger partial charge in [0.1, 0.15) is 0 Å². The van der Waals surface area contributed by atoms with E-state index in [1.54, 1.807) is 0 Å². The fourth-order valence-electron chi connectivity index (χ4n) is 2.89. The standard InChI is InChI=1S/C14H29N/c1-3-5-6-7-9-13-10-8-11-14(12-13)15-4-2/h13-15H,3-12H2,1-2H3. The number of unbranched alkanes of at least 4 members (excludes halogenated alkanes) is 3. The molecule has 0 amide bonds. The molecule has 1 fully saturated rings. The summed E-state index contributed by atoms with van der Waals surface area (Å²) in [7, 11) is 0. The van der Waals surface area contributed by atoms with E-state index in [9.17, 15) is 0 Å². The van der Waals surface area contributed by atoms with Gasteiger partial charge in [0, 0.05) is 6.04 Å². The Balaban J connectivity index is 2.07. The van der Waals surface area contributed by atoms with Gasteiger partial charge in [-0.25, -0.2) is 0 Å². The van der Waals surface area contributed by atoms with Crippen LogP contribution in [-0.4, -0.2) is 12.6 Å². The van der Waals surface area contributed by atoms with Crippen molar-refractivity contribution in [3.05, 3.63) is 0 Å². The first-order chi connectivity index (χ1) is 7.36. The summed E-state index contributed by atoms with van der Waals surface area (Å²) in [6.45, 7) is 5.67. The van der Waals surface area contributed by atoms with E-state index in [4.69, 9.17) is 0 Å². The van der Waals surface area contributed by atoms with Gasteiger partial charge in [-0.15, -0.1) is 0 Å². The Hall–Kier alpha value is -0.0400. The lowest BCUT2D eigenvalue weighted by molar-refractivity contribution is 0.270. The smallest absolute Gasteiger partial charge is 0.00695 e. The van der Waals surface area contributed by atoms with Crippen molar-refractivity contribution in [2.75, 3.05) is 6.54 Å². The number of rotatable bonds is 7. The molecule has 1 N–H and O–H groups in total. The van der Waals surface area contributed by atoms with Crippen LogP contribution in [0.5, 0.6) is 0 Å². The zero-order valence-corrected chi connectivity index (χ0v) is 10.7. The quantitative estimate of drug-likeness (QED) is 0.624. The molecule has 0 aliphatic heterocycles. The first-order valence-electron chi connectivity index (χ1n) is 7.10. The van der Waals surface area contributed by atoms with Crippen LogP contribution in [-0.2, 0) is 0 Å². The van der Waals surface area contributed by atoms with Crippen molar-refractivity contribution in [2.24, 2.45) is 5.92 Å². The van der Waals surface area contributed by atoms with Gasteiger partial charge in [-0.05, 0) is 25.3 Å². The Bertz CT molecular complexity index is 142. The maximum absolute atomic E-state index is 3.62. The maximum Gasteiger partial charge on any atom is 0.00695 e. The minimum absolute atomic E-state index is 0.833. The maximum atomic E-state index is 3.62. The Morgan fingerprint density at radius 1 is 1.07 bits per heavy atom. The zero-order valence-electron chi connectivity index (χ0n) is 10.7. The highest BCUT2D eigenvalue weighted by atomic mass is 14.9. The topological polar surface area (TPSA) is 12.0 Å². The average molecular weight is 211 g/mol. The summed E-state index contributed by atoms with van der Waals surface area (Å²) in [6, 6.07) is 0.833. The van der Waals surface area contributed by atoms with Crippen LogP contribution in [0.2, 0.25) is 0 Å². The third-order valence-electron chi connectivity index (χ3n) is 3.74. The third kappa shape index (κ3) is 5.55. The highest BCUT2D eigenvalue weighted by Gasteiger charge is 2.20. The molecule has 15 heavy (non-hydrogen) atoms. The van der Waals surface area contributed by atoms with E-state index in [0.717, 1.165) is 18.5 Å². The predicted molar refractivity (Wildman–Crippen MR) is 68.2 cm³/mol. The normalized spacial score (nSPS) is 26.8. The van der Waals surface area contributed by atoms with Gasteiger partial charge in [-0.1, -0.05) is 58.8 Å². The summed E-state index contributed by atoms with van der Waals surface area (Å²) in [5, 5.41) is 3.62. The van der Waals surface area contributed by atoms with Crippen LogP contribution in [0.3, 0.4) is 0 Å². The summed E-state index contributed by atoms with van der Waals surface area (Å²) in [5.41, 5.74) is 0. The number of hydrogen-bond donors (Lipinski definition) is 1. The van der Waals surface area contributed by atoms with Crippen molar-refractivity contribution >= 4 is 0 Å². The molecule has 0 aromatic rings. The van der Waals surface area contributed by atoms with E-state index in [-0.39, 0.29) is 0 Å². The minimum atomic E-state index is 0.833. The van der Waals surface area contributed by atoms with Crippen molar-refractivity contribution in [3.63, 3.8) is 0 Å². The molecule has 1 nitrogen and oxygen atoms in total. The van der Waals surface area contributed by atoms with Gasteiger partial charge in [-0.3, -0.25) is 0 Å². The van der Waals surface area contributed by atoms with Gasteiger partial charge in [0.15, 0.2) is 0 Å². The molecular weight excluding hydrogens is 182 g/mol. The predicted octanol–water partition coefficient (Wildman–Crippen LogP) is 4.13. The largest absolute Gasteiger partial charge is 0.314 e. The van der Waals surface area contributed by atoms with Crippen LogP contribution >= 0.6 is 0 Å². The molecule has 1 heteroatoms. The molecular formula is C14H29N. The van der Waals surface area contributed by atoms with Crippen LogP contribution in [0.25, 0.3) is 0 Å². The van der Waals surface area contributed by atoms with Crippen LogP contribution in [0.1, 0.15) is 71.6 Å². The van der Waals surface area contributed by atoms with Crippen molar-refractivity contribution in [2.45, 2.75) is 77.7 Å². The monoisotopic (exact) mass is 211 g/mol. The van der Waals surface area contributed by atoms with E-state index in [0.29, 0.717) is 0 Å². The first-order valence-corrected chi connectivity index (χ1v) is 7.10.